The molecule has 0 saturated heterocycles. The molecule has 2 nitrogen and oxygen atoms in total. The average molecular weight is 433 g/mol. The van der Waals surface area contributed by atoms with Gasteiger partial charge in [0.05, 0.1) is 0 Å². The van der Waals surface area contributed by atoms with E-state index in [0.717, 1.165) is 31.6 Å². The lowest BCUT2D eigenvalue weighted by molar-refractivity contribution is 0.109. The molecule has 0 spiro atoms. The predicted molar refractivity (Wildman–Crippen MR) is 140 cm³/mol. The third-order valence-corrected chi connectivity index (χ3v) is 7.27. The molecular formula is C30H44N2. The Hall–Kier alpha value is -2.06. The van der Waals surface area contributed by atoms with E-state index in [2.05, 4.69) is 108 Å². The number of aryl methyl sites for hydroxylation is 3. The van der Waals surface area contributed by atoms with Crippen molar-refractivity contribution in [1.82, 2.24) is 9.80 Å². The van der Waals surface area contributed by atoms with Gasteiger partial charge in [0.2, 0.25) is 0 Å². The molecule has 0 amide bonds. The van der Waals surface area contributed by atoms with Gasteiger partial charge in [0.25, 0.3) is 0 Å². The summed E-state index contributed by atoms with van der Waals surface area (Å²) in [5.74, 6) is 0. The van der Waals surface area contributed by atoms with Crippen molar-refractivity contribution >= 4 is 5.70 Å². The molecule has 1 heterocycles. The molecule has 1 aliphatic heterocycles. The minimum atomic E-state index is 0.145. The molecule has 3 rings (SSSR count). The molecule has 32 heavy (non-hydrogen) atoms. The van der Waals surface area contributed by atoms with E-state index in [1.165, 1.54) is 46.2 Å². The highest BCUT2D eigenvalue weighted by molar-refractivity contribution is 5.66. The summed E-state index contributed by atoms with van der Waals surface area (Å²) in [6, 6.07) is 13.8. The molecule has 0 aliphatic carbocycles. The van der Waals surface area contributed by atoms with Crippen LogP contribution in [0.1, 0.15) is 80.8 Å². The van der Waals surface area contributed by atoms with Gasteiger partial charge in [-0.25, -0.2) is 0 Å². The van der Waals surface area contributed by atoms with Crippen LogP contribution in [0.25, 0.3) is 5.70 Å². The van der Waals surface area contributed by atoms with E-state index in [1.807, 2.05) is 0 Å². The van der Waals surface area contributed by atoms with Crippen molar-refractivity contribution < 1.29 is 0 Å². The number of rotatable bonds is 8. The first-order chi connectivity index (χ1) is 14.9. The molecule has 0 saturated carbocycles. The molecule has 0 radical (unpaired) electrons. The maximum atomic E-state index is 4.32. The molecule has 0 atom stereocenters. The Bertz CT molecular complexity index is 959. The summed E-state index contributed by atoms with van der Waals surface area (Å²) in [5, 5.41) is 0. The Labute approximate surface area is 197 Å². The van der Waals surface area contributed by atoms with Crippen LogP contribution in [-0.4, -0.2) is 29.4 Å². The van der Waals surface area contributed by atoms with Gasteiger partial charge < -0.3 is 4.90 Å². The Morgan fingerprint density at radius 3 is 2.34 bits per heavy atom. The zero-order valence-electron chi connectivity index (χ0n) is 21.8. The van der Waals surface area contributed by atoms with Crippen molar-refractivity contribution in [3.8, 4) is 0 Å². The lowest BCUT2D eigenvalue weighted by Crippen LogP contribution is -2.40. The molecular weight excluding hydrogens is 388 g/mol. The summed E-state index contributed by atoms with van der Waals surface area (Å²) in [7, 11) is 4.16. The maximum absolute atomic E-state index is 4.32. The van der Waals surface area contributed by atoms with E-state index in [9.17, 15) is 0 Å². The van der Waals surface area contributed by atoms with Gasteiger partial charge in [0, 0.05) is 44.0 Å². The second-order valence-corrected chi connectivity index (χ2v) is 11.8. The van der Waals surface area contributed by atoms with E-state index in [1.54, 1.807) is 0 Å². The summed E-state index contributed by atoms with van der Waals surface area (Å²) >= 11 is 0. The third-order valence-electron chi connectivity index (χ3n) is 7.27. The molecule has 174 valence electrons. The Balaban J connectivity index is 1.68. The normalized spacial score (nSPS) is 14.5. The molecule has 0 bridgehead atoms. The van der Waals surface area contributed by atoms with Gasteiger partial charge in [0.1, 0.15) is 0 Å². The number of hydrogen-bond donors (Lipinski definition) is 0. The fourth-order valence-corrected chi connectivity index (χ4v) is 4.63. The quantitative estimate of drug-likeness (QED) is 0.434. The first kappa shape index (κ1) is 24.6. The SMILES string of the molecule is C=C(c1cccc2c1CN(C(C)(C)CCc1ccc(C)c(CCC(C)(C)C)c1)C2)N(C)C. The fraction of sp³-hybridized carbons (Fsp3) is 0.533. The van der Waals surface area contributed by atoms with Gasteiger partial charge in [-0.3, -0.25) is 4.90 Å². The molecule has 1 aliphatic rings. The highest BCUT2D eigenvalue weighted by atomic mass is 15.2. The smallest absolute Gasteiger partial charge is 0.0365 e. The largest absolute Gasteiger partial charge is 0.378 e. The summed E-state index contributed by atoms with van der Waals surface area (Å²) < 4.78 is 0. The van der Waals surface area contributed by atoms with Gasteiger partial charge in [-0.15, -0.1) is 0 Å². The van der Waals surface area contributed by atoms with E-state index in [0.29, 0.717) is 5.41 Å². The van der Waals surface area contributed by atoms with E-state index in [-0.39, 0.29) is 5.54 Å². The van der Waals surface area contributed by atoms with Crippen LogP contribution in [0.15, 0.2) is 43.0 Å². The van der Waals surface area contributed by atoms with Crippen LogP contribution < -0.4 is 0 Å². The Morgan fingerprint density at radius 2 is 1.69 bits per heavy atom. The molecule has 0 unspecified atom stereocenters. The van der Waals surface area contributed by atoms with Crippen LogP contribution in [-0.2, 0) is 25.9 Å². The van der Waals surface area contributed by atoms with Gasteiger partial charge >= 0.3 is 0 Å². The second-order valence-electron chi connectivity index (χ2n) is 11.8. The Kier molecular flexibility index (Phi) is 7.25. The first-order valence-corrected chi connectivity index (χ1v) is 12.2. The number of nitrogens with zero attached hydrogens (tertiary/aromatic N) is 2. The number of fused-ring (bicyclic) bond motifs is 1. The van der Waals surface area contributed by atoms with Crippen molar-refractivity contribution in [2.45, 2.75) is 85.9 Å². The third kappa shape index (κ3) is 5.84. The molecule has 0 aromatic heterocycles. The lowest BCUT2D eigenvalue weighted by Gasteiger charge is -2.36. The van der Waals surface area contributed by atoms with Gasteiger partial charge in [-0.05, 0) is 79.7 Å². The lowest BCUT2D eigenvalue weighted by atomic mass is 9.86. The Morgan fingerprint density at radius 1 is 0.969 bits per heavy atom. The van der Waals surface area contributed by atoms with E-state index in [4.69, 9.17) is 0 Å². The van der Waals surface area contributed by atoms with Crippen LogP contribution in [0.2, 0.25) is 0 Å². The zero-order valence-corrected chi connectivity index (χ0v) is 21.8. The van der Waals surface area contributed by atoms with Crippen molar-refractivity contribution in [2.24, 2.45) is 5.41 Å². The van der Waals surface area contributed by atoms with E-state index < -0.39 is 0 Å². The predicted octanol–water partition coefficient (Wildman–Crippen LogP) is 7.23. The summed E-state index contributed by atoms with van der Waals surface area (Å²) in [5.41, 5.74) is 10.3. The average Bonchev–Trinajstić information content (AvgIpc) is 3.16. The van der Waals surface area contributed by atoms with Crippen molar-refractivity contribution in [3.63, 3.8) is 0 Å². The van der Waals surface area contributed by atoms with E-state index >= 15 is 0 Å². The summed E-state index contributed by atoms with van der Waals surface area (Å²) in [6.07, 6.45) is 4.69. The topological polar surface area (TPSA) is 6.48 Å². The molecule has 0 fully saturated rings. The monoisotopic (exact) mass is 432 g/mol. The number of hydrogen-bond acceptors (Lipinski definition) is 2. The van der Waals surface area contributed by atoms with Crippen molar-refractivity contribution in [1.29, 1.82) is 0 Å². The second kappa shape index (κ2) is 9.43. The molecule has 2 heteroatoms. The fourth-order valence-electron chi connectivity index (χ4n) is 4.63. The van der Waals surface area contributed by atoms with Crippen LogP contribution in [0.3, 0.4) is 0 Å². The number of benzene rings is 2. The van der Waals surface area contributed by atoms with Gasteiger partial charge in [-0.1, -0.05) is 63.7 Å². The standard InChI is InChI=1S/C30H44N2/c1-22-13-14-24(19-25(22)16-17-29(3,4)5)15-18-30(6,7)32-20-26-11-10-12-27(28(26)21-32)23(2)31(8)9/h10-14,19H,2,15-18,20-21H2,1,3-9H3. The zero-order chi connectivity index (χ0) is 23.7. The molecule has 2 aromatic carbocycles. The maximum Gasteiger partial charge on any atom is 0.0365 e. The highest BCUT2D eigenvalue weighted by Crippen LogP contribution is 2.36. The van der Waals surface area contributed by atoms with Crippen LogP contribution in [0.5, 0.6) is 0 Å². The summed E-state index contributed by atoms with van der Waals surface area (Å²) in [6.45, 7) is 20.4. The van der Waals surface area contributed by atoms with Crippen LogP contribution in [0.4, 0.5) is 0 Å². The minimum absolute atomic E-state index is 0.145. The van der Waals surface area contributed by atoms with Crippen LogP contribution >= 0.6 is 0 Å². The first-order valence-electron chi connectivity index (χ1n) is 12.2. The summed E-state index contributed by atoms with van der Waals surface area (Å²) in [4.78, 5) is 4.77. The molecule has 0 N–H and O–H groups in total. The van der Waals surface area contributed by atoms with Crippen LogP contribution in [0, 0.1) is 12.3 Å². The van der Waals surface area contributed by atoms with Gasteiger partial charge in [0.15, 0.2) is 0 Å². The molecule has 2 aromatic rings. The van der Waals surface area contributed by atoms with Crippen molar-refractivity contribution in [3.05, 3.63) is 76.4 Å². The van der Waals surface area contributed by atoms with Gasteiger partial charge in [-0.2, -0.15) is 0 Å². The van der Waals surface area contributed by atoms with Crippen molar-refractivity contribution in [2.75, 3.05) is 14.1 Å². The minimum Gasteiger partial charge on any atom is -0.378 e. The highest BCUT2D eigenvalue weighted by Gasteiger charge is 2.33.